The monoisotopic (exact) mass is 411 g/mol. The number of rotatable bonds is 6. The van der Waals surface area contributed by atoms with Gasteiger partial charge < -0.3 is 11.1 Å². The molecule has 0 aromatic heterocycles. The maximum Gasteiger partial charge on any atom is 0.248 e. The molecular formula is C13H19BrClN3O3S. The molecule has 1 aliphatic heterocycles. The van der Waals surface area contributed by atoms with E-state index in [4.69, 9.17) is 5.73 Å². The van der Waals surface area contributed by atoms with Gasteiger partial charge in [-0.15, -0.1) is 12.4 Å². The molecule has 2 rings (SSSR count). The maximum atomic E-state index is 12.2. The summed E-state index contributed by atoms with van der Waals surface area (Å²) in [4.78, 5) is 11.2. The summed E-state index contributed by atoms with van der Waals surface area (Å²) in [5.41, 5.74) is 5.35. The van der Waals surface area contributed by atoms with Crippen molar-refractivity contribution in [3.8, 4) is 0 Å². The van der Waals surface area contributed by atoms with Gasteiger partial charge in [0.25, 0.3) is 0 Å². The molecule has 4 N–H and O–H groups in total. The number of amides is 1. The fourth-order valence-electron chi connectivity index (χ4n) is 2.31. The zero-order valence-electron chi connectivity index (χ0n) is 11.8. The van der Waals surface area contributed by atoms with Crippen molar-refractivity contribution in [2.24, 2.45) is 5.73 Å². The highest BCUT2D eigenvalue weighted by Crippen LogP contribution is 2.19. The Morgan fingerprint density at radius 2 is 2.14 bits per heavy atom. The van der Waals surface area contributed by atoms with E-state index in [1.807, 2.05) is 0 Å². The number of nitrogens with one attached hydrogen (secondary N) is 2. The second kappa shape index (κ2) is 8.26. The molecule has 1 fully saturated rings. The number of carbonyl (C=O) groups is 1. The van der Waals surface area contributed by atoms with Gasteiger partial charge in [-0.05, 0) is 44.0 Å². The van der Waals surface area contributed by atoms with Crippen molar-refractivity contribution in [3.63, 3.8) is 0 Å². The number of benzene rings is 1. The summed E-state index contributed by atoms with van der Waals surface area (Å²) in [6.45, 7) is 1.35. The highest BCUT2D eigenvalue weighted by molar-refractivity contribution is 9.10. The normalized spacial score (nSPS) is 18.0. The van der Waals surface area contributed by atoms with Gasteiger partial charge in [-0.2, -0.15) is 0 Å². The smallest absolute Gasteiger partial charge is 0.248 e. The van der Waals surface area contributed by atoms with Crippen LogP contribution in [0.4, 0.5) is 0 Å². The number of hydrogen-bond acceptors (Lipinski definition) is 4. The van der Waals surface area contributed by atoms with Crippen LogP contribution in [0.25, 0.3) is 0 Å². The van der Waals surface area contributed by atoms with Crippen molar-refractivity contribution >= 4 is 44.3 Å². The van der Waals surface area contributed by atoms with Crippen LogP contribution in [0.15, 0.2) is 27.6 Å². The van der Waals surface area contributed by atoms with E-state index in [0.717, 1.165) is 25.8 Å². The summed E-state index contributed by atoms with van der Waals surface area (Å²) in [7, 11) is -3.65. The van der Waals surface area contributed by atoms with Gasteiger partial charge in [0, 0.05) is 22.6 Å². The predicted octanol–water partition coefficient (Wildman–Crippen LogP) is 1.39. The molecule has 0 bridgehead atoms. The molecule has 124 valence electrons. The minimum absolute atomic E-state index is 0. The highest BCUT2D eigenvalue weighted by atomic mass is 79.9. The Balaban J connectivity index is 0.00000242. The molecular weight excluding hydrogens is 394 g/mol. The van der Waals surface area contributed by atoms with Crippen molar-refractivity contribution in [3.05, 3.63) is 28.2 Å². The van der Waals surface area contributed by atoms with Crippen LogP contribution in [0.1, 0.15) is 29.6 Å². The van der Waals surface area contributed by atoms with E-state index >= 15 is 0 Å². The van der Waals surface area contributed by atoms with Gasteiger partial charge in [0.05, 0.1) is 4.90 Å². The zero-order valence-corrected chi connectivity index (χ0v) is 15.1. The Labute approximate surface area is 144 Å². The fraction of sp³-hybridized carbons (Fsp3) is 0.462. The third-order valence-electron chi connectivity index (χ3n) is 3.41. The Bertz CT molecular complexity index is 633. The van der Waals surface area contributed by atoms with Gasteiger partial charge in [-0.3, -0.25) is 4.79 Å². The largest absolute Gasteiger partial charge is 0.366 e. The Kier molecular flexibility index (Phi) is 7.27. The first-order valence-electron chi connectivity index (χ1n) is 6.72. The Morgan fingerprint density at radius 3 is 2.73 bits per heavy atom. The molecule has 1 heterocycles. The lowest BCUT2D eigenvalue weighted by Gasteiger charge is -2.12. The average Bonchev–Trinajstić information content (AvgIpc) is 2.91. The number of sulfonamides is 1. The quantitative estimate of drug-likeness (QED) is 0.657. The van der Waals surface area contributed by atoms with Crippen molar-refractivity contribution in [1.82, 2.24) is 10.0 Å². The van der Waals surface area contributed by atoms with E-state index in [0.29, 0.717) is 17.1 Å². The molecule has 0 spiro atoms. The van der Waals surface area contributed by atoms with Gasteiger partial charge in [0.15, 0.2) is 0 Å². The SMILES string of the molecule is Cl.NC(=O)c1cc(Br)cc(S(=O)(=O)NCC[C@H]2CCCN2)c1. The van der Waals surface area contributed by atoms with Crippen LogP contribution in [-0.4, -0.2) is 33.5 Å². The van der Waals surface area contributed by atoms with Gasteiger partial charge in [0.1, 0.15) is 0 Å². The van der Waals surface area contributed by atoms with Gasteiger partial charge in [-0.1, -0.05) is 15.9 Å². The molecule has 1 amide bonds. The summed E-state index contributed by atoms with van der Waals surface area (Å²) in [6.07, 6.45) is 2.95. The van der Waals surface area contributed by atoms with Gasteiger partial charge >= 0.3 is 0 Å². The second-order valence-corrected chi connectivity index (χ2v) is 7.70. The highest BCUT2D eigenvalue weighted by Gasteiger charge is 2.18. The predicted molar refractivity (Wildman–Crippen MR) is 90.7 cm³/mol. The van der Waals surface area contributed by atoms with E-state index in [2.05, 4.69) is 26.0 Å². The van der Waals surface area contributed by atoms with E-state index in [1.54, 1.807) is 0 Å². The summed E-state index contributed by atoms with van der Waals surface area (Å²) >= 11 is 3.19. The van der Waals surface area contributed by atoms with E-state index < -0.39 is 15.9 Å². The molecule has 1 aromatic carbocycles. The van der Waals surface area contributed by atoms with Crippen molar-refractivity contribution in [1.29, 1.82) is 0 Å². The minimum Gasteiger partial charge on any atom is -0.366 e. The summed E-state index contributed by atoms with van der Waals surface area (Å²) < 4.78 is 27.5. The molecule has 1 saturated heterocycles. The molecule has 0 radical (unpaired) electrons. The fourth-order valence-corrected chi connectivity index (χ4v) is 4.08. The molecule has 1 aromatic rings. The maximum absolute atomic E-state index is 12.2. The van der Waals surface area contributed by atoms with Crippen molar-refractivity contribution in [2.75, 3.05) is 13.1 Å². The standard InChI is InChI=1S/C13H18BrN3O3S.ClH/c14-10-6-9(13(15)18)7-12(8-10)21(19,20)17-5-3-11-2-1-4-16-11;/h6-8,11,16-17H,1-5H2,(H2,15,18);1H/t11-;/m1./s1. The second-order valence-electron chi connectivity index (χ2n) is 5.02. The first-order chi connectivity index (χ1) is 9.88. The van der Waals surface area contributed by atoms with E-state index in [9.17, 15) is 13.2 Å². The molecule has 22 heavy (non-hydrogen) atoms. The van der Waals surface area contributed by atoms with Crippen LogP contribution in [0.5, 0.6) is 0 Å². The number of halogens is 2. The lowest BCUT2D eigenvalue weighted by atomic mass is 10.2. The van der Waals surface area contributed by atoms with Crippen LogP contribution >= 0.6 is 28.3 Å². The van der Waals surface area contributed by atoms with Crippen LogP contribution in [0.2, 0.25) is 0 Å². The number of primary amides is 1. The summed E-state index contributed by atoms with van der Waals surface area (Å²) in [5, 5.41) is 3.31. The van der Waals surface area contributed by atoms with Crippen LogP contribution in [0, 0.1) is 0 Å². The van der Waals surface area contributed by atoms with Crippen molar-refractivity contribution in [2.45, 2.75) is 30.2 Å². The minimum atomic E-state index is -3.65. The number of hydrogen-bond donors (Lipinski definition) is 3. The first kappa shape index (κ1) is 19.4. The third kappa shape index (κ3) is 5.20. The molecule has 1 aliphatic rings. The van der Waals surface area contributed by atoms with E-state index in [-0.39, 0.29) is 22.9 Å². The third-order valence-corrected chi connectivity index (χ3v) is 5.31. The topological polar surface area (TPSA) is 101 Å². The molecule has 9 heteroatoms. The molecule has 0 aliphatic carbocycles. The molecule has 0 saturated carbocycles. The van der Waals surface area contributed by atoms with Crippen LogP contribution in [-0.2, 0) is 10.0 Å². The average molecular weight is 413 g/mol. The summed E-state index contributed by atoms with van der Waals surface area (Å²) in [6, 6.07) is 4.59. The first-order valence-corrected chi connectivity index (χ1v) is 8.99. The Hall–Kier alpha value is -0.670. The van der Waals surface area contributed by atoms with Gasteiger partial charge in [-0.25, -0.2) is 13.1 Å². The number of carbonyl (C=O) groups excluding carboxylic acids is 1. The zero-order chi connectivity index (χ0) is 15.5. The van der Waals surface area contributed by atoms with Gasteiger partial charge in [0.2, 0.25) is 15.9 Å². The molecule has 1 atom stereocenters. The van der Waals surface area contributed by atoms with Crippen LogP contribution in [0.3, 0.4) is 0 Å². The van der Waals surface area contributed by atoms with Crippen LogP contribution < -0.4 is 15.8 Å². The number of nitrogens with two attached hydrogens (primary N) is 1. The van der Waals surface area contributed by atoms with E-state index in [1.165, 1.54) is 18.2 Å². The molecule has 0 unspecified atom stereocenters. The van der Waals surface area contributed by atoms with Crippen molar-refractivity contribution < 1.29 is 13.2 Å². The lowest BCUT2D eigenvalue weighted by Crippen LogP contribution is -2.30. The lowest BCUT2D eigenvalue weighted by molar-refractivity contribution is 0.1000. The molecule has 6 nitrogen and oxygen atoms in total. The Morgan fingerprint density at radius 1 is 1.41 bits per heavy atom. The summed E-state index contributed by atoms with van der Waals surface area (Å²) in [5.74, 6) is -0.664.